The lowest BCUT2D eigenvalue weighted by Crippen LogP contribution is -2.48. The summed E-state index contributed by atoms with van der Waals surface area (Å²) in [5, 5.41) is 11.9. The van der Waals surface area contributed by atoms with Crippen molar-refractivity contribution in [2.75, 3.05) is 44.2 Å². The molecule has 4 heterocycles. The fourth-order valence-corrected chi connectivity index (χ4v) is 4.64. The number of carbonyl (C=O) groups excluding carboxylic acids is 1. The molecule has 0 amide bonds. The van der Waals surface area contributed by atoms with Crippen LogP contribution in [-0.4, -0.2) is 81.4 Å². The molecule has 11 nitrogen and oxygen atoms in total. The topological polar surface area (TPSA) is 119 Å². The van der Waals surface area contributed by atoms with E-state index in [1.807, 2.05) is 19.3 Å². The van der Waals surface area contributed by atoms with Crippen LogP contribution >= 0.6 is 0 Å². The lowest BCUT2D eigenvalue weighted by Gasteiger charge is -2.34. The molecule has 0 spiro atoms. The van der Waals surface area contributed by atoms with Gasteiger partial charge >= 0.3 is 5.97 Å². The van der Waals surface area contributed by atoms with E-state index in [4.69, 9.17) is 4.74 Å². The molecule has 1 fully saturated rings. The molecule has 0 aromatic carbocycles. The average molecular weight is 468 g/mol. The molecular formula is C23H29N7O4. The number of hydrogen-bond donors (Lipinski definition) is 0. The lowest BCUT2D eigenvalue weighted by atomic mass is 9.83. The van der Waals surface area contributed by atoms with Crippen LogP contribution in [0.15, 0.2) is 53.1 Å². The first kappa shape index (κ1) is 23.6. The number of piperazine rings is 1. The summed E-state index contributed by atoms with van der Waals surface area (Å²) in [6.45, 7) is 7.30. The maximum absolute atomic E-state index is 13.2. The second-order valence-corrected chi connectivity index (χ2v) is 8.52. The number of allylic oxidation sites excluding steroid dienone is 1. The van der Waals surface area contributed by atoms with Crippen LogP contribution in [-0.2, 0) is 16.6 Å². The minimum Gasteiger partial charge on any atom is -0.461 e. The Balaban J connectivity index is 1.40. The minimum absolute atomic E-state index is 0.198. The van der Waals surface area contributed by atoms with E-state index in [2.05, 4.69) is 24.8 Å². The van der Waals surface area contributed by atoms with Crippen molar-refractivity contribution >= 4 is 17.6 Å². The van der Waals surface area contributed by atoms with E-state index < -0.39 is 17.9 Å². The second kappa shape index (κ2) is 10.1. The highest BCUT2D eigenvalue weighted by atomic mass is 16.6. The average Bonchev–Trinajstić information content (AvgIpc) is 3.24. The number of nitro groups is 1. The first-order valence-electron chi connectivity index (χ1n) is 11.3. The Labute approximate surface area is 197 Å². The molecule has 2 aromatic heterocycles. The number of aromatic nitrogens is 3. The maximum atomic E-state index is 13.2. The smallest absolute Gasteiger partial charge is 0.336 e. The monoisotopic (exact) mass is 467 g/mol. The van der Waals surface area contributed by atoms with Gasteiger partial charge < -0.3 is 14.2 Å². The van der Waals surface area contributed by atoms with Crippen LogP contribution < -0.4 is 4.90 Å². The van der Waals surface area contributed by atoms with Crippen molar-refractivity contribution in [2.45, 2.75) is 25.8 Å². The maximum Gasteiger partial charge on any atom is 0.336 e. The third-order valence-corrected chi connectivity index (χ3v) is 6.39. The van der Waals surface area contributed by atoms with Gasteiger partial charge in [0.05, 0.1) is 11.3 Å². The highest BCUT2D eigenvalue weighted by Crippen LogP contribution is 2.37. The Morgan fingerprint density at radius 3 is 2.50 bits per heavy atom. The van der Waals surface area contributed by atoms with Crippen molar-refractivity contribution in [2.24, 2.45) is 12.0 Å². The largest absolute Gasteiger partial charge is 0.461 e. The number of esters is 1. The van der Waals surface area contributed by atoms with Gasteiger partial charge in [0.2, 0.25) is 5.95 Å². The molecule has 11 heteroatoms. The number of hydrogen-bond acceptors (Lipinski definition) is 9. The van der Waals surface area contributed by atoms with Crippen molar-refractivity contribution in [3.05, 3.63) is 63.9 Å². The predicted molar refractivity (Wildman–Crippen MR) is 126 cm³/mol. The van der Waals surface area contributed by atoms with Gasteiger partial charge in [-0.2, -0.15) is 0 Å². The van der Waals surface area contributed by atoms with Gasteiger partial charge in [-0.1, -0.05) is 0 Å². The van der Waals surface area contributed by atoms with Crippen molar-refractivity contribution in [1.82, 2.24) is 19.4 Å². The van der Waals surface area contributed by atoms with Gasteiger partial charge in [0, 0.05) is 74.7 Å². The standard InChI is InChI=1S/C23H29N7O4/c1-16-19(20(18-6-4-9-27(18)3)21(30(32)33)17(2)26-16)22(31)34-15-14-28-10-12-29(13-11-28)23-24-7-5-8-25-23/h4-9,20-21H,10-15H2,1-3H3. The molecule has 0 radical (unpaired) electrons. The normalized spacial score (nSPS) is 21.4. The molecule has 0 saturated carbocycles. The fraction of sp³-hybridized carbons (Fsp3) is 0.478. The zero-order valence-electron chi connectivity index (χ0n) is 19.6. The van der Waals surface area contributed by atoms with E-state index in [0.717, 1.165) is 32.1 Å². The number of nitrogens with zero attached hydrogens (tertiary/aromatic N) is 7. The minimum atomic E-state index is -1.12. The predicted octanol–water partition coefficient (Wildman–Crippen LogP) is 1.66. The summed E-state index contributed by atoms with van der Waals surface area (Å²) in [6, 6.07) is 4.29. The van der Waals surface area contributed by atoms with Crippen molar-refractivity contribution in [3.8, 4) is 0 Å². The quantitative estimate of drug-likeness (QED) is 0.343. The third kappa shape index (κ3) is 4.84. The Bertz CT molecular complexity index is 1100. The molecule has 0 bridgehead atoms. The summed E-state index contributed by atoms with van der Waals surface area (Å²) in [6.07, 6.45) is 5.27. The molecule has 180 valence electrons. The van der Waals surface area contributed by atoms with Crippen LogP contribution in [0.25, 0.3) is 0 Å². The molecule has 2 aromatic rings. The van der Waals surface area contributed by atoms with Gasteiger partial charge in [-0.15, -0.1) is 0 Å². The van der Waals surface area contributed by atoms with E-state index in [9.17, 15) is 14.9 Å². The third-order valence-electron chi connectivity index (χ3n) is 6.39. The number of carbonyl (C=O) groups is 1. The van der Waals surface area contributed by atoms with E-state index in [1.54, 1.807) is 42.9 Å². The van der Waals surface area contributed by atoms with Crippen molar-refractivity contribution in [1.29, 1.82) is 0 Å². The molecule has 2 aliphatic heterocycles. The van der Waals surface area contributed by atoms with Crippen molar-refractivity contribution < 1.29 is 14.5 Å². The molecule has 4 rings (SSSR count). The van der Waals surface area contributed by atoms with Gasteiger partial charge in [0.25, 0.3) is 6.04 Å². The van der Waals surface area contributed by atoms with Gasteiger partial charge in [-0.25, -0.2) is 14.8 Å². The highest BCUT2D eigenvalue weighted by molar-refractivity contribution is 5.98. The molecule has 0 N–H and O–H groups in total. The summed E-state index contributed by atoms with van der Waals surface area (Å²) >= 11 is 0. The summed E-state index contributed by atoms with van der Waals surface area (Å²) in [5.74, 6) is -0.589. The SMILES string of the molecule is CC1=NC(C)=C(C(=O)OCCN2CCN(c3ncccn3)CC2)C(c2cccn2C)C1[N+](=O)[O-]. The highest BCUT2D eigenvalue weighted by Gasteiger charge is 2.45. The zero-order valence-corrected chi connectivity index (χ0v) is 19.6. The molecule has 2 atom stereocenters. The molecule has 2 aliphatic rings. The number of ether oxygens (including phenoxy) is 1. The van der Waals surface area contributed by atoms with Gasteiger partial charge in [-0.3, -0.25) is 20.0 Å². The summed E-state index contributed by atoms with van der Waals surface area (Å²) in [4.78, 5) is 42.0. The number of anilines is 1. The molecule has 2 unspecified atom stereocenters. The summed E-state index contributed by atoms with van der Waals surface area (Å²) in [5.41, 5.74) is 1.77. The van der Waals surface area contributed by atoms with Gasteiger partial charge in [0.15, 0.2) is 0 Å². The van der Waals surface area contributed by atoms with Crippen LogP contribution in [0.2, 0.25) is 0 Å². The first-order valence-corrected chi connectivity index (χ1v) is 11.3. The Morgan fingerprint density at radius 1 is 1.18 bits per heavy atom. The Kier molecular flexibility index (Phi) is 7.01. The second-order valence-electron chi connectivity index (χ2n) is 8.52. The van der Waals surface area contributed by atoms with Crippen LogP contribution in [0.3, 0.4) is 0 Å². The molecule has 1 saturated heterocycles. The fourth-order valence-electron chi connectivity index (χ4n) is 4.64. The van der Waals surface area contributed by atoms with Crippen LogP contribution in [0, 0.1) is 10.1 Å². The summed E-state index contributed by atoms with van der Waals surface area (Å²) < 4.78 is 7.42. The van der Waals surface area contributed by atoms with Crippen LogP contribution in [0.1, 0.15) is 25.5 Å². The van der Waals surface area contributed by atoms with Crippen LogP contribution in [0.5, 0.6) is 0 Å². The number of rotatable bonds is 7. The van der Waals surface area contributed by atoms with E-state index >= 15 is 0 Å². The summed E-state index contributed by atoms with van der Waals surface area (Å²) in [7, 11) is 1.81. The van der Waals surface area contributed by atoms with E-state index in [1.165, 1.54) is 0 Å². The lowest BCUT2D eigenvalue weighted by molar-refractivity contribution is -0.505. The van der Waals surface area contributed by atoms with E-state index in [0.29, 0.717) is 23.6 Å². The zero-order chi connectivity index (χ0) is 24.2. The number of aliphatic imine (C=N–C) groups is 1. The molecular weight excluding hydrogens is 438 g/mol. The van der Waals surface area contributed by atoms with Gasteiger partial charge in [-0.05, 0) is 32.0 Å². The number of aryl methyl sites for hydroxylation is 1. The van der Waals surface area contributed by atoms with Gasteiger partial charge in [0.1, 0.15) is 12.5 Å². The van der Waals surface area contributed by atoms with E-state index in [-0.39, 0.29) is 17.1 Å². The molecule has 0 aliphatic carbocycles. The van der Waals surface area contributed by atoms with Crippen molar-refractivity contribution in [3.63, 3.8) is 0 Å². The Hall–Kier alpha value is -3.60. The first-order chi connectivity index (χ1) is 16.4. The van der Waals surface area contributed by atoms with Crippen LogP contribution in [0.4, 0.5) is 5.95 Å². The Morgan fingerprint density at radius 2 is 1.88 bits per heavy atom. The molecule has 34 heavy (non-hydrogen) atoms.